The topological polar surface area (TPSA) is 179 Å². The van der Waals surface area contributed by atoms with Crippen molar-refractivity contribution in [3.63, 3.8) is 0 Å². The number of hydrogen-bond acceptors (Lipinski definition) is 14. The maximum absolute atomic E-state index is 9.01. The third-order valence-corrected chi connectivity index (χ3v) is 9.98. The van der Waals surface area contributed by atoms with E-state index in [4.69, 9.17) is 25.0 Å². The Bertz CT molecular complexity index is 1930. The Morgan fingerprint density at radius 3 is 2.45 bits per heavy atom. The number of halogens is 1. The zero-order valence-electron chi connectivity index (χ0n) is 27.5. The lowest BCUT2D eigenvalue weighted by molar-refractivity contribution is -0.454. The molecule has 0 radical (unpaired) electrons. The molecule has 1 fully saturated rings. The number of rotatable bonds is 12. The van der Waals surface area contributed by atoms with Crippen molar-refractivity contribution >= 4 is 69.0 Å². The van der Waals surface area contributed by atoms with E-state index < -0.39 is 14.1 Å². The van der Waals surface area contributed by atoms with Crippen LogP contribution in [0.5, 0.6) is 5.75 Å². The van der Waals surface area contributed by atoms with Crippen molar-refractivity contribution in [2.24, 2.45) is 7.05 Å². The second kappa shape index (κ2) is 14.8. The van der Waals surface area contributed by atoms with Gasteiger partial charge in [0.1, 0.15) is 11.6 Å². The molecule has 17 heteroatoms. The number of nitrogens with zero attached hydrogens (tertiary/aromatic N) is 8. The third kappa shape index (κ3) is 8.24. The molecule has 4 heterocycles. The Morgan fingerprint density at radius 2 is 1.76 bits per heavy atom. The van der Waals surface area contributed by atoms with Crippen LogP contribution in [0.1, 0.15) is 0 Å². The average Bonchev–Trinajstić information content (AvgIpc) is 3.51. The molecule has 0 bridgehead atoms. The van der Waals surface area contributed by atoms with Gasteiger partial charge < -0.3 is 40.3 Å². The summed E-state index contributed by atoms with van der Waals surface area (Å²) >= 11 is 3.62. The number of aliphatic hydroxyl groups is 3. The van der Waals surface area contributed by atoms with Gasteiger partial charge in [-0.05, 0) is 47.5 Å². The van der Waals surface area contributed by atoms with Crippen LogP contribution in [0, 0.1) is 0 Å². The number of aromatic nitrogens is 6. The molecule has 6 rings (SSSR count). The molecule has 0 saturated carbocycles. The molecule has 2 aromatic carbocycles. The quantitative estimate of drug-likeness (QED) is 0.0927. The van der Waals surface area contributed by atoms with Crippen LogP contribution in [-0.4, -0.2) is 116 Å². The van der Waals surface area contributed by atoms with Crippen molar-refractivity contribution in [1.82, 2.24) is 34.6 Å². The minimum absolute atomic E-state index is 0.0232. The highest BCUT2D eigenvalue weighted by Gasteiger charge is 2.25. The fourth-order valence-corrected chi connectivity index (χ4v) is 7.25. The van der Waals surface area contributed by atoms with Gasteiger partial charge in [0.2, 0.25) is 5.95 Å². The van der Waals surface area contributed by atoms with Crippen molar-refractivity contribution in [3.8, 4) is 16.9 Å². The first kappa shape index (κ1) is 34.8. The van der Waals surface area contributed by atoms with E-state index in [0.717, 1.165) is 38.8 Å². The molecular weight excluding hydrogens is 715 g/mol. The van der Waals surface area contributed by atoms with Crippen molar-refractivity contribution in [3.05, 3.63) is 59.7 Å². The first-order valence-electron chi connectivity index (χ1n) is 15.5. The van der Waals surface area contributed by atoms with Gasteiger partial charge in [-0.3, -0.25) is 19.5 Å². The molecule has 49 heavy (non-hydrogen) atoms. The zero-order valence-corrected chi connectivity index (χ0v) is 30.0. The van der Waals surface area contributed by atoms with Crippen molar-refractivity contribution < 1.29 is 24.8 Å². The summed E-state index contributed by atoms with van der Waals surface area (Å²) in [6.07, 6.45) is 5.78. The normalized spacial score (nSPS) is 14.1. The molecule has 0 atom stereocenters. The summed E-state index contributed by atoms with van der Waals surface area (Å²) in [5, 5.41) is 39.4. The molecular formula is C32H38BrN10O5P. The van der Waals surface area contributed by atoms with Crippen molar-refractivity contribution in [2.75, 3.05) is 75.3 Å². The number of ether oxygens (including phenoxy) is 2. The fraction of sp³-hybridized carbons (Fsp3) is 0.344. The smallest absolute Gasteiger partial charge is 0.405 e. The maximum Gasteiger partial charge on any atom is 0.405 e. The average molecular weight is 754 g/mol. The van der Waals surface area contributed by atoms with Gasteiger partial charge in [-0.15, -0.1) is 0 Å². The van der Waals surface area contributed by atoms with Crippen LogP contribution in [-0.2, 0) is 11.8 Å². The maximum atomic E-state index is 9.01. The molecule has 1 aliphatic rings. The standard InChI is InChI=1S/C32H38BrN10O5P/c1-41-19-20(17-37-41)21-15-25(27(47-2)16-26(21)43-11-9-42(10-12-43)13-14-48-32(44,45)46)39-31-36-18-22(33)30(40-31)38-24-6-5-23-28(29(24)49(3)4)35-8-7-34-23/h5-8,15-19,44-46H,9-14H2,1-4H3,(H2,36,38,39,40). The third-order valence-electron chi connectivity index (χ3n) is 8.05. The van der Waals surface area contributed by atoms with E-state index in [-0.39, 0.29) is 6.61 Å². The number of methoxy groups -OCH3 is 1. The SMILES string of the molecule is COc1cc(N2CCN(CCOC(O)(O)O)CC2)c(-c2cnn(C)c2)cc1Nc1ncc(Br)c(Nc2ccc3nccnc3c2P(C)C)n1. The number of aryl methyl sites for hydroxylation is 1. The first-order chi connectivity index (χ1) is 23.5. The highest BCUT2D eigenvalue weighted by molar-refractivity contribution is 9.10. The summed E-state index contributed by atoms with van der Waals surface area (Å²) < 4.78 is 13.0. The monoisotopic (exact) mass is 752 g/mol. The summed E-state index contributed by atoms with van der Waals surface area (Å²) in [5.41, 5.74) is 6.18. The lowest BCUT2D eigenvalue weighted by Crippen LogP contribution is -2.48. The van der Waals surface area contributed by atoms with E-state index in [1.807, 2.05) is 43.7 Å². The molecule has 15 nitrogen and oxygen atoms in total. The van der Waals surface area contributed by atoms with Crippen LogP contribution in [0.3, 0.4) is 0 Å². The summed E-state index contributed by atoms with van der Waals surface area (Å²) in [6.45, 7) is 7.62. The Kier molecular flexibility index (Phi) is 10.6. The van der Waals surface area contributed by atoms with Crippen LogP contribution in [0.2, 0.25) is 0 Å². The van der Waals surface area contributed by atoms with Gasteiger partial charge in [0, 0.05) is 98.4 Å². The van der Waals surface area contributed by atoms with E-state index in [0.29, 0.717) is 60.4 Å². The second-order valence-corrected chi connectivity index (χ2v) is 14.7. The molecule has 1 saturated heterocycles. The van der Waals surface area contributed by atoms with Crippen LogP contribution >= 0.6 is 23.9 Å². The molecule has 0 amide bonds. The lowest BCUT2D eigenvalue weighted by atomic mass is 10.0. The Labute approximate surface area is 292 Å². The summed E-state index contributed by atoms with van der Waals surface area (Å²) in [5.74, 6) is 1.58. The van der Waals surface area contributed by atoms with Crippen LogP contribution in [0.4, 0.5) is 28.8 Å². The van der Waals surface area contributed by atoms with Crippen molar-refractivity contribution in [2.45, 2.75) is 6.16 Å². The first-order valence-corrected chi connectivity index (χ1v) is 18.5. The van der Waals surface area contributed by atoms with E-state index in [1.54, 1.807) is 30.4 Å². The van der Waals surface area contributed by atoms with Gasteiger partial charge in [0.15, 0.2) is 0 Å². The van der Waals surface area contributed by atoms with Crippen molar-refractivity contribution in [1.29, 1.82) is 0 Å². The lowest BCUT2D eigenvalue weighted by Gasteiger charge is -2.37. The summed E-state index contributed by atoms with van der Waals surface area (Å²) in [4.78, 5) is 22.9. The predicted octanol–water partition coefficient (Wildman–Crippen LogP) is 3.17. The molecule has 0 unspecified atom stereocenters. The minimum atomic E-state index is -3.13. The number of hydrogen-bond donors (Lipinski definition) is 5. The molecule has 0 spiro atoms. The number of piperazine rings is 1. The molecule has 5 N–H and O–H groups in total. The summed E-state index contributed by atoms with van der Waals surface area (Å²) in [6, 6.07) is 7.99. The van der Waals surface area contributed by atoms with Gasteiger partial charge in [-0.2, -0.15) is 10.1 Å². The Morgan fingerprint density at radius 1 is 0.980 bits per heavy atom. The Hall–Kier alpha value is -4.02. The van der Waals surface area contributed by atoms with Crippen LogP contribution in [0.25, 0.3) is 22.2 Å². The number of anilines is 5. The highest BCUT2D eigenvalue weighted by atomic mass is 79.9. The van der Waals surface area contributed by atoms with Gasteiger partial charge >= 0.3 is 6.16 Å². The van der Waals surface area contributed by atoms with Crippen LogP contribution in [0.15, 0.2) is 59.7 Å². The largest absolute Gasteiger partial charge is 0.494 e. The van der Waals surface area contributed by atoms with E-state index in [9.17, 15) is 0 Å². The molecule has 0 aliphatic carbocycles. The van der Waals surface area contributed by atoms with Gasteiger partial charge in [-0.1, -0.05) is 7.92 Å². The summed E-state index contributed by atoms with van der Waals surface area (Å²) in [7, 11) is 2.99. The van der Waals surface area contributed by atoms with Gasteiger partial charge in [-0.25, -0.2) is 4.98 Å². The predicted molar refractivity (Wildman–Crippen MR) is 193 cm³/mol. The molecule has 3 aromatic heterocycles. The fourth-order valence-electron chi connectivity index (χ4n) is 5.75. The van der Waals surface area contributed by atoms with Crippen LogP contribution < -0.4 is 25.6 Å². The molecule has 1 aliphatic heterocycles. The highest BCUT2D eigenvalue weighted by Crippen LogP contribution is 2.41. The minimum Gasteiger partial charge on any atom is -0.494 e. The molecule has 258 valence electrons. The van der Waals surface area contributed by atoms with E-state index in [2.05, 4.69) is 74.5 Å². The second-order valence-electron chi connectivity index (χ2n) is 11.6. The van der Waals surface area contributed by atoms with Gasteiger partial charge in [0.05, 0.1) is 41.1 Å². The van der Waals surface area contributed by atoms with Gasteiger partial charge in [0.25, 0.3) is 0 Å². The number of fused-ring (bicyclic) bond motifs is 1. The Balaban J connectivity index is 1.27. The van der Waals surface area contributed by atoms with E-state index >= 15 is 0 Å². The van der Waals surface area contributed by atoms with E-state index in [1.165, 1.54) is 0 Å². The zero-order chi connectivity index (χ0) is 34.7. The number of benzene rings is 2. The molecule has 5 aromatic rings. The number of nitrogens with one attached hydrogen (secondary N) is 2.